The summed E-state index contributed by atoms with van der Waals surface area (Å²) in [6.07, 6.45) is 8.99. The van der Waals surface area contributed by atoms with Crippen molar-refractivity contribution >= 4 is 5.91 Å². The minimum absolute atomic E-state index is 0.0242. The van der Waals surface area contributed by atoms with E-state index in [9.17, 15) is 4.79 Å². The first-order valence-electron chi connectivity index (χ1n) is 8.34. The van der Waals surface area contributed by atoms with Crippen molar-refractivity contribution in [3.63, 3.8) is 0 Å². The Balaban J connectivity index is 1.43. The molecular formula is C17H20N4O2. The van der Waals surface area contributed by atoms with Gasteiger partial charge in [-0.25, -0.2) is 0 Å². The molecule has 6 nitrogen and oxygen atoms in total. The van der Waals surface area contributed by atoms with Gasteiger partial charge >= 0.3 is 0 Å². The van der Waals surface area contributed by atoms with Crippen LogP contribution in [0.15, 0.2) is 29.0 Å². The van der Waals surface area contributed by atoms with Crippen LogP contribution in [-0.4, -0.2) is 39.0 Å². The maximum atomic E-state index is 12.5. The van der Waals surface area contributed by atoms with Gasteiger partial charge in [0.2, 0.25) is 5.89 Å². The molecule has 120 valence electrons. The second kappa shape index (κ2) is 6.10. The van der Waals surface area contributed by atoms with Crippen LogP contribution in [0.2, 0.25) is 0 Å². The van der Waals surface area contributed by atoms with E-state index in [4.69, 9.17) is 4.52 Å². The smallest absolute Gasteiger partial charge is 0.255 e. The van der Waals surface area contributed by atoms with Gasteiger partial charge in [-0.05, 0) is 31.4 Å². The van der Waals surface area contributed by atoms with Crippen molar-refractivity contribution in [2.24, 2.45) is 0 Å². The molecule has 23 heavy (non-hydrogen) atoms. The molecule has 2 aromatic rings. The van der Waals surface area contributed by atoms with Crippen LogP contribution in [0.1, 0.15) is 66.0 Å². The normalized spacial score (nSPS) is 21.9. The van der Waals surface area contributed by atoms with Crippen molar-refractivity contribution in [3.05, 3.63) is 41.8 Å². The second-order valence-electron chi connectivity index (χ2n) is 6.45. The molecule has 1 atom stereocenters. The third kappa shape index (κ3) is 2.85. The third-order valence-electron chi connectivity index (χ3n) is 4.91. The van der Waals surface area contributed by atoms with Crippen LogP contribution < -0.4 is 0 Å². The minimum Gasteiger partial charge on any atom is -0.339 e. The highest BCUT2D eigenvalue weighted by molar-refractivity contribution is 5.94. The number of rotatable bonds is 3. The number of hydrogen-bond acceptors (Lipinski definition) is 5. The fourth-order valence-corrected chi connectivity index (χ4v) is 3.58. The van der Waals surface area contributed by atoms with E-state index in [1.54, 1.807) is 24.5 Å². The Kier molecular flexibility index (Phi) is 3.81. The largest absolute Gasteiger partial charge is 0.339 e. The van der Waals surface area contributed by atoms with Gasteiger partial charge in [-0.2, -0.15) is 4.98 Å². The lowest BCUT2D eigenvalue weighted by atomic mass is 10.1. The van der Waals surface area contributed by atoms with Crippen LogP contribution in [0.25, 0.3) is 0 Å². The predicted octanol–water partition coefficient (Wildman–Crippen LogP) is 2.75. The minimum atomic E-state index is 0.0242. The summed E-state index contributed by atoms with van der Waals surface area (Å²) in [5.41, 5.74) is 0.630. The first-order valence-corrected chi connectivity index (χ1v) is 8.34. The van der Waals surface area contributed by atoms with E-state index in [1.165, 1.54) is 12.8 Å². The number of likely N-dealkylation sites (tertiary alicyclic amines) is 1. The molecule has 1 aliphatic heterocycles. The lowest BCUT2D eigenvalue weighted by Gasteiger charge is -2.15. The Bertz CT molecular complexity index is 679. The Morgan fingerprint density at radius 2 is 2.09 bits per heavy atom. The number of hydrogen-bond donors (Lipinski definition) is 0. The van der Waals surface area contributed by atoms with Crippen molar-refractivity contribution in [3.8, 4) is 0 Å². The van der Waals surface area contributed by atoms with Crippen molar-refractivity contribution in [2.45, 2.75) is 43.9 Å². The molecule has 1 saturated carbocycles. The van der Waals surface area contributed by atoms with Crippen molar-refractivity contribution in [1.82, 2.24) is 20.0 Å². The van der Waals surface area contributed by atoms with E-state index >= 15 is 0 Å². The van der Waals surface area contributed by atoms with Gasteiger partial charge in [-0.3, -0.25) is 9.78 Å². The van der Waals surface area contributed by atoms with Gasteiger partial charge in [0.15, 0.2) is 5.82 Å². The first-order chi connectivity index (χ1) is 11.3. The molecule has 6 heteroatoms. The molecule has 0 spiro atoms. The van der Waals surface area contributed by atoms with Crippen LogP contribution in [-0.2, 0) is 0 Å². The number of carbonyl (C=O) groups is 1. The Labute approximate surface area is 134 Å². The number of pyridine rings is 1. The summed E-state index contributed by atoms with van der Waals surface area (Å²) in [7, 11) is 0. The molecule has 1 aliphatic carbocycles. The maximum absolute atomic E-state index is 12.5. The number of carbonyl (C=O) groups excluding carboxylic acids is 1. The zero-order valence-electron chi connectivity index (χ0n) is 13.0. The number of amides is 1. The van der Waals surface area contributed by atoms with Crippen molar-refractivity contribution in [2.75, 3.05) is 13.1 Å². The van der Waals surface area contributed by atoms with E-state index < -0.39 is 0 Å². The van der Waals surface area contributed by atoms with E-state index in [0.717, 1.165) is 31.6 Å². The number of aromatic nitrogens is 3. The van der Waals surface area contributed by atoms with E-state index in [1.807, 2.05) is 4.90 Å². The third-order valence-corrected chi connectivity index (χ3v) is 4.91. The molecule has 0 unspecified atom stereocenters. The molecule has 1 saturated heterocycles. The van der Waals surface area contributed by atoms with Gasteiger partial charge in [-0.1, -0.05) is 18.0 Å². The van der Waals surface area contributed by atoms with Crippen LogP contribution in [0.5, 0.6) is 0 Å². The van der Waals surface area contributed by atoms with Gasteiger partial charge < -0.3 is 9.42 Å². The first kappa shape index (κ1) is 14.4. The monoisotopic (exact) mass is 312 g/mol. The van der Waals surface area contributed by atoms with Gasteiger partial charge in [0, 0.05) is 31.4 Å². The van der Waals surface area contributed by atoms with Crippen molar-refractivity contribution in [1.29, 1.82) is 0 Å². The summed E-state index contributed by atoms with van der Waals surface area (Å²) in [6.45, 7) is 1.36. The molecule has 2 fully saturated rings. The Morgan fingerprint density at radius 3 is 2.87 bits per heavy atom. The van der Waals surface area contributed by atoms with E-state index in [-0.39, 0.29) is 11.8 Å². The van der Waals surface area contributed by atoms with E-state index in [2.05, 4.69) is 15.1 Å². The highest BCUT2D eigenvalue weighted by Crippen LogP contribution is 2.34. The molecule has 3 heterocycles. The maximum Gasteiger partial charge on any atom is 0.255 e. The quantitative estimate of drug-likeness (QED) is 0.871. The van der Waals surface area contributed by atoms with Crippen LogP contribution >= 0.6 is 0 Å². The molecule has 1 amide bonds. The highest BCUT2D eigenvalue weighted by atomic mass is 16.5. The topological polar surface area (TPSA) is 72.1 Å². The standard InChI is InChI=1S/C17H20N4O2/c22-17(13-6-3-8-18-10-13)21-9-7-14(11-21)16-19-15(20-23-16)12-4-1-2-5-12/h3,6,8,10,12,14H,1-2,4-5,7,9,11H2/t14-/m1/s1. The van der Waals surface area contributed by atoms with Gasteiger partial charge in [0.1, 0.15) is 0 Å². The molecule has 0 N–H and O–H groups in total. The summed E-state index contributed by atoms with van der Waals surface area (Å²) in [5, 5.41) is 4.17. The Morgan fingerprint density at radius 1 is 1.22 bits per heavy atom. The predicted molar refractivity (Wildman–Crippen MR) is 83.0 cm³/mol. The lowest BCUT2D eigenvalue weighted by molar-refractivity contribution is 0.0789. The molecule has 0 radical (unpaired) electrons. The molecule has 2 aliphatic rings. The Hall–Kier alpha value is -2.24. The molecule has 0 aromatic carbocycles. The summed E-state index contributed by atoms with van der Waals surface area (Å²) in [4.78, 5) is 22.9. The number of nitrogens with zero attached hydrogens (tertiary/aromatic N) is 4. The van der Waals surface area contributed by atoms with Crippen molar-refractivity contribution < 1.29 is 9.32 Å². The van der Waals surface area contributed by atoms with Crippen LogP contribution in [0, 0.1) is 0 Å². The molecule has 0 bridgehead atoms. The molecule has 2 aromatic heterocycles. The SMILES string of the molecule is O=C(c1cccnc1)N1CC[C@@H](c2nc(C3CCCC3)no2)C1. The van der Waals surface area contributed by atoms with Gasteiger partial charge in [0.05, 0.1) is 11.5 Å². The van der Waals surface area contributed by atoms with Gasteiger partial charge in [0.25, 0.3) is 5.91 Å². The fourth-order valence-electron chi connectivity index (χ4n) is 3.58. The highest BCUT2D eigenvalue weighted by Gasteiger charge is 2.32. The summed E-state index contributed by atoms with van der Waals surface area (Å²) in [5.74, 6) is 2.18. The average Bonchev–Trinajstić information content (AvgIpc) is 3.34. The van der Waals surface area contributed by atoms with Gasteiger partial charge in [-0.15, -0.1) is 0 Å². The average molecular weight is 312 g/mol. The zero-order chi connectivity index (χ0) is 15.6. The summed E-state index contributed by atoms with van der Waals surface area (Å²) >= 11 is 0. The zero-order valence-corrected chi connectivity index (χ0v) is 13.0. The lowest BCUT2D eigenvalue weighted by Crippen LogP contribution is -2.28. The summed E-state index contributed by atoms with van der Waals surface area (Å²) in [6, 6.07) is 3.58. The van der Waals surface area contributed by atoms with Crippen LogP contribution in [0.4, 0.5) is 0 Å². The van der Waals surface area contributed by atoms with Crippen LogP contribution in [0.3, 0.4) is 0 Å². The summed E-state index contributed by atoms with van der Waals surface area (Å²) < 4.78 is 5.48. The molecule has 4 rings (SSSR count). The molecular weight excluding hydrogens is 292 g/mol. The fraction of sp³-hybridized carbons (Fsp3) is 0.529. The second-order valence-corrected chi connectivity index (χ2v) is 6.45. The van der Waals surface area contributed by atoms with E-state index in [0.29, 0.717) is 23.9 Å².